The smallest absolute Gasteiger partial charge is 0.335 e. The molecule has 20 heavy (non-hydrogen) atoms. The molecule has 5 nitrogen and oxygen atoms in total. The van der Waals surface area contributed by atoms with E-state index in [0.29, 0.717) is 3.57 Å². The average Bonchev–Trinajstić information content (AvgIpc) is 2.26. The standard InChI is InChI=1S/C13H18INO4S/c1-8(2)15(9(3)4)20(18,19)12-6-10(13(16)17)5-11(14)7-12/h5-9H,1-4H3,(H,16,17). The zero-order chi connectivity index (χ0) is 15.7. The Hall–Kier alpha value is -0.670. The van der Waals surface area contributed by atoms with Gasteiger partial charge < -0.3 is 5.11 Å². The molecule has 0 amide bonds. The van der Waals surface area contributed by atoms with E-state index in [0.717, 1.165) is 0 Å². The van der Waals surface area contributed by atoms with Gasteiger partial charge in [-0.3, -0.25) is 0 Å². The monoisotopic (exact) mass is 411 g/mol. The second kappa shape index (κ2) is 6.40. The van der Waals surface area contributed by atoms with Crippen molar-refractivity contribution in [2.75, 3.05) is 0 Å². The third-order valence-electron chi connectivity index (χ3n) is 2.71. The van der Waals surface area contributed by atoms with Crippen LogP contribution in [0.25, 0.3) is 0 Å². The van der Waals surface area contributed by atoms with Crippen LogP contribution in [0.1, 0.15) is 38.1 Å². The second-order valence-electron chi connectivity index (χ2n) is 5.00. The maximum absolute atomic E-state index is 12.7. The lowest BCUT2D eigenvalue weighted by Crippen LogP contribution is -2.42. The van der Waals surface area contributed by atoms with Crippen LogP contribution >= 0.6 is 22.6 Å². The Bertz CT molecular complexity index is 603. The van der Waals surface area contributed by atoms with E-state index in [2.05, 4.69) is 0 Å². The van der Waals surface area contributed by atoms with Crippen molar-refractivity contribution in [3.8, 4) is 0 Å². The number of carboxylic acids is 1. The van der Waals surface area contributed by atoms with Crippen LogP contribution in [0.3, 0.4) is 0 Å². The number of carbonyl (C=O) groups is 1. The maximum atomic E-state index is 12.7. The molecule has 0 aliphatic rings. The van der Waals surface area contributed by atoms with Gasteiger partial charge in [0.15, 0.2) is 0 Å². The fraction of sp³-hybridized carbons (Fsp3) is 0.462. The largest absolute Gasteiger partial charge is 0.478 e. The molecule has 0 atom stereocenters. The number of carboxylic acid groups (broad SMARTS) is 1. The number of hydrogen-bond donors (Lipinski definition) is 1. The molecule has 0 aliphatic heterocycles. The summed E-state index contributed by atoms with van der Waals surface area (Å²) in [5.41, 5.74) is -0.0251. The number of hydrogen-bond acceptors (Lipinski definition) is 3. The predicted octanol–water partition coefficient (Wildman–Crippen LogP) is 2.80. The van der Waals surface area contributed by atoms with Gasteiger partial charge in [-0.05, 0) is 68.5 Å². The quantitative estimate of drug-likeness (QED) is 0.757. The highest BCUT2D eigenvalue weighted by atomic mass is 127. The topological polar surface area (TPSA) is 74.7 Å². The molecular weight excluding hydrogens is 393 g/mol. The Balaban J connectivity index is 3.45. The first-order valence-corrected chi connectivity index (χ1v) is 8.66. The van der Waals surface area contributed by atoms with Gasteiger partial charge in [0.25, 0.3) is 0 Å². The first-order chi connectivity index (χ1) is 9.07. The van der Waals surface area contributed by atoms with Crippen LogP contribution in [0, 0.1) is 3.57 Å². The minimum absolute atomic E-state index is 0.0178. The van der Waals surface area contributed by atoms with Crippen molar-refractivity contribution in [2.45, 2.75) is 44.7 Å². The number of sulfonamides is 1. The Labute approximate surface area is 133 Å². The van der Waals surface area contributed by atoms with Crippen LogP contribution in [-0.2, 0) is 10.0 Å². The molecule has 0 saturated heterocycles. The molecule has 0 aliphatic carbocycles. The molecule has 112 valence electrons. The van der Waals surface area contributed by atoms with E-state index < -0.39 is 16.0 Å². The number of aromatic carboxylic acids is 1. The lowest BCUT2D eigenvalue weighted by molar-refractivity contribution is 0.0696. The normalized spacial score (nSPS) is 12.4. The van der Waals surface area contributed by atoms with Crippen molar-refractivity contribution in [1.82, 2.24) is 4.31 Å². The van der Waals surface area contributed by atoms with E-state index in [1.165, 1.54) is 22.5 Å². The zero-order valence-corrected chi connectivity index (χ0v) is 14.8. The number of nitrogens with zero attached hydrogens (tertiary/aromatic N) is 1. The van der Waals surface area contributed by atoms with Gasteiger partial charge in [0.05, 0.1) is 10.5 Å². The molecule has 0 spiro atoms. The summed E-state index contributed by atoms with van der Waals surface area (Å²) in [5.74, 6) is -1.14. The van der Waals surface area contributed by atoms with E-state index in [1.54, 1.807) is 27.7 Å². The van der Waals surface area contributed by atoms with E-state index >= 15 is 0 Å². The molecule has 0 bridgehead atoms. The molecule has 1 aromatic rings. The molecular formula is C13H18INO4S. The van der Waals surface area contributed by atoms with Crippen molar-refractivity contribution < 1.29 is 18.3 Å². The van der Waals surface area contributed by atoms with Crippen LogP contribution in [0.5, 0.6) is 0 Å². The SMILES string of the molecule is CC(C)N(C(C)C)S(=O)(=O)c1cc(I)cc(C(=O)O)c1. The third kappa shape index (κ3) is 3.70. The van der Waals surface area contributed by atoms with Gasteiger partial charge in [-0.15, -0.1) is 0 Å². The molecule has 0 heterocycles. The van der Waals surface area contributed by atoms with Gasteiger partial charge in [-0.25, -0.2) is 13.2 Å². The van der Waals surface area contributed by atoms with E-state index in [4.69, 9.17) is 5.11 Å². The minimum atomic E-state index is -3.71. The number of rotatable bonds is 5. The molecule has 7 heteroatoms. The van der Waals surface area contributed by atoms with Crippen molar-refractivity contribution in [3.63, 3.8) is 0 Å². The number of benzene rings is 1. The van der Waals surface area contributed by atoms with Gasteiger partial charge in [-0.2, -0.15) is 4.31 Å². The van der Waals surface area contributed by atoms with Crippen molar-refractivity contribution in [1.29, 1.82) is 0 Å². The summed E-state index contributed by atoms with van der Waals surface area (Å²) in [6.45, 7) is 7.18. The molecule has 0 aromatic heterocycles. The van der Waals surface area contributed by atoms with Crippen LogP contribution in [0.15, 0.2) is 23.1 Å². The second-order valence-corrected chi connectivity index (χ2v) is 8.09. The highest BCUT2D eigenvalue weighted by molar-refractivity contribution is 14.1. The summed E-state index contributed by atoms with van der Waals surface area (Å²) in [6.07, 6.45) is 0. The highest BCUT2D eigenvalue weighted by Gasteiger charge is 2.30. The summed E-state index contributed by atoms with van der Waals surface area (Å²) in [6, 6.07) is 3.73. The molecule has 0 radical (unpaired) electrons. The number of halogens is 1. The zero-order valence-electron chi connectivity index (χ0n) is 11.8. The Morgan fingerprint density at radius 1 is 1.15 bits per heavy atom. The third-order valence-corrected chi connectivity index (χ3v) is 5.56. The van der Waals surface area contributed by atoms with Crippen LogP contribution < -0.4 is 0 Å². The average molecular weight is 411 g/mol. The molecule has 0 unspecified atom stereocenters. The van der Waals surface area contributed by atoms with Crippen molar-refractivity contribution >= 4 is 38.6 Å². The summed E-state index contributed by atoms with van der Waals surface area (Å²) in [4.78, 5) is 11.1. The molecule has 1 aromatic carbocycles. The Morgan fingerprint density at radius 3 is 2.05 bits per heavy atom. The minimum Gasteiger partial charge on any atom is -0.478 e. The molecule has 1 rings (SSSR count). The molecule has 1 N–H and O–H groups in total. The first kappa shape index (κ1) is 17.4. The maximum Gasteiger partial charge on any atom is 0.335 e. The van der Waals surface area contributed by atoms with E-state index in [-0.39, 0.29) is 22.5 Å². The van der Waals surface area contributed by atoms with Crippen molar-refractivity contribution in [2.24, 2.45) is 0 Å². The predicted molar refractivity (Wildman–Crippen MR) is 85.4 cm³/mol. The Kier molecular flexibility index (Phi) is 5.56. The van der Waals surface area contributed by atoms with Gasteiger partial charge in [0.2, 0.25) is 10.0 Å². The fourth-order valence-electron chi connectivity index (χ4n) is 2.11. The molecule has 0 saturated carbocycles. The highest BCUT2D eigenvalue weighted by Crippen LogP contribution is 2.24. The van der Waals surface area contributed by atoms with Gasteiger partial charge in [-0.1, -0.05) is 0 Å². The van der Waals surface area contributed by atoms with Crippen LogP contribution in [0.2, 0.25) is 0 Å². The van der Waals surface area contributed by atoms with Crippen molar-refractivity contribution in [3.05, 3.63) is 27.3 Å². The van der Waals surface area contributed by atoms with Gasteiger partial charge >= 0.3 is 5.97 Å². The summed E-state index contributed by atoms with van der Waals surface area (Å²) >= 11 is 1.92. The lowest BCUT2D eigenvalue weighted by atomic mass is 10.2. The van der Waals surface area contributed by atoms with Gasteiger partial charge in [0.1, 0.15) is 0 Å². The first-order valence-electron chi connectivity index (χ1n) is 6.14. The van der Waals surface area contributed by atoms with E-state index in [9.17, 15) is 13.2 Å². The summed E-state index contributed by atoms with van der Waals surface area (Å²) < 4.78 is 27.3. The molecule has 0 fully saturated rings. The summed E-state index contributed by atoms with van der Waals surface area (Å²) in [7, 11) is -3.71. The van der Waals surface area contributed by atoms with E-state index in [1.807, 2.05) is 22.6 Å². The Morgan fingerprint density at radius 2 is 1.65 bits per heavy atom. The summed E-state index contributed by atoms with van der Waals surface area (Å²) in [5, 5.41) is 9.04. The fourth-order valence-corrected chi connectivity index (χ4v) is 4.90. The lowest BCUT2D eigenvalue weighted by Gasteiger charge is -2.29. The van der Waals surface area contributed by atoms with Gasteiger partial charge in [0, 0.05) is 15.7 Å². The van der Waals surface area contributed by atoms with Crippen LogP contribution in [-0.4, -0.2) is 35.9 Å². The van der Waals surface area contributed by atoms with Crippen LogP contribution in [0.4, 0.5) is 0 Å².